The van der Waals surface area contributed by atoms with E-state index in [0.717, 1.165) is 31.2 Å². The van der Waals surface area contributed by atoms with Gasteiger partial charge in [-0.05, 0) is 62.6 Å². The lowest BCUT2D eigenvalue weighted by molar-refractivity contribution is 0.0937. The average molecular weight is 353 g/mol. The first-order valence-corrected chi connectivity index (χ1v) is 8.87. The molecule has 6 nitrogen and oxygen atoms in total. The maximum Gasteiger partial charge on any atom is 0.261 e. The third kappa shape index (κ3) is 4.02. The molecule has 1 fully saturated rings. The van der Waals surface area contributed by atoms with Gasteiger partial charge in [-0.2, -0.15) is 0 Å². The fourth-order valence-electron chi connectivity index (χ4n) is 3.22. The maximum absolute atomic E-state index is 12.3. The normalized spacial score (nSPS) is 14.2. The summed E-state index contributed by atoms with van der Waals surface area (Å²) in [7, 11) is 0. The number of nitrogens with one attached hydrogen (secondary N) is 3. The van der Waals surface area contributed by atoms with E-state index in [4.69, 9.17) is 0 Å². The number of aryl methyl sites for hydroxylation is 2. The van der Waals surface area contributed by atoms with Gasteiger partial charge in [0, 0.05) is 23.0 Å². The van der Waals surface area contributed by atoms with Crippen LogP contribution in [-0.2, 0) is 0 Å². The van der Waals surface area contributed by atoms with Crippen LogP contribution in [-0.4, -0.2) is 22.8 Å². The van der Waals surface area contributed by atoms with Gasteiger partial charge in [-0.25, -0.2) is 0 Å². The quantitative estimate of drug-likeness (QED) is 0.789. The summed E-state index contributed by atoms with van der Waals surface area (Å²) in [4.78, 5) is 39.2. The first-order chi connectivity index (χ1) is 12.4. The van der Waals surface area contributed by atoms with E-state index in [2.05, 4.69) is 15.6 Å². The topological polar surface area (TPSA) is 91.1 Å². The lowest BCUT2D eigenvalue weighted by atomic mass is 10.1. The maximum atomic E-state index is 12.3. The summed E-state index contributed by atoms with van der Waals surface area (Å²) in [5.74, 6) is -0.564. The van der Waals surface area contributed by atoms with Crippen LogP contribution in [0.15, 0.2) is 35.1 Å². The van der Waals surface area contributed by atoms with Gasteiger partial charge in [0.05, 0.1) is 0 Å². The highest BCUT2D eigenvalue weighted by molar-refractivity contribution is 6.04. The van der Waals surface area contributed by atoms with Crippen LogP contribution in [0.5, 0.6) is 0 Å². The van der Waals surface area contributed by atoms with Gasteiger partial charge in [0.15, 0.2) is 0 Å². The Morgan fingerprint density at radius 1 is 1.04 bits per heavy atom. The zero-order valence-corrected chi connectivity index (χ0v) is 15.0. The molecule has 0 bridgehead atoms. The molecule has 0 aliphatic heterocycles. The second kappa shape index (κ2) is 7.56. The first-order valence-electron chi connectivity index (χ1n) is 8.87. The molecule has 0 radical (unpaired) electrons. The van der Waals surface area contributed by atoms with Gasteiger partial charge in [-0.3, -0.25) is 14.4 Å². The van der Waals surface area contributed by atoms with Gasteiger partial charge in [-0.15, -0.1) is 0 Å². The summed E-state index contributed by atoms with van der Waals surface area (Å²) in [5, 5.41) is 5.78. The van der Waals surface area contributed by atoms with Crippen molar-refractivity contribution in [3.05, 3.63) is 63.1 Å². The number of hydrogen-bond acceptors (Lipinski definition) is 3. The number of rotatable bonds is 4. The summed E-state index contributed by atoms with van der Waals surface area (Å²) < 4.78 is 0. The standard InChI is InChI=1S/C20H23N3O3/c1-12-11-14(18(24)22-15-5-3-4-6-15)8-10-17(12)23-20(26)16-9-7-13(2)21-19(16)25/h7-11,15H,3-6H2,1-2H3,(H,21,25)(H,22,24)(H,23,26). The van der Waals surface area contributed by atoms with Crippen molar-refractivity contribution in [3.63, 3.8) is 0 Å². The number of amides is 2. The Morgan fingerprint density at radius 2 is 1.77 bits per heavy atom. The van der Waals surface area contributed by atoms with Crippen molar-refractivity contribution in [2.24, 2.45) is 0 Å². The van der Waals surface area contributed by atoms with Crippen molar-refractivity contribution in [1.82, 2.24) is 10.3 Å². The molecule has 3 rings (SSSR count). The SMILES string of the molecule is Cc1ccc(C(=O)Nc2ccc(C(=O)NC3CCCC3)cc2C)c(=O)[nH]1. The molecule has 1 aliphatic rings. The Labute approximate surface area is 152 Å². The zero-order valence-electron chi connectivity index (χ0n) is 15.0. The van der Waals surface area contributed by atoms with Crippen molar-refractivity contribution in [3.8, 4) is 0 Å². The van der Waals surface area contributed by atoms with Crippen LogP contribution >= 0.6 is 0 Å². The van der Waals surface area contributed by atoms with E-state index < -0.39 is 11.5 Å². The minimum Gasteiger partial charge on any atom is -0.349 e. The van der Waals surface area contributed by atoms with E-state index in [9.17, 15) is 14.4 Å². The van der Waals surface area contributed by atoms with E-state index in [0.29, 0.717) is 16.9 Å². The molecule has 1 aromatic carbocycles. The molecule has 2 amide bonds. The van der Waals surface area contributed by atoms with Gasteiger partial charge in [0.2, 0.25) is 0 Å². The second-order valence-corrected chi connectivity index (χ2v) is 6.82. The fraction of sp³-hybridized carbons (Fsp3) is 0.350. The Bertz CT molecular complexity index is 895. The molecule has 0 saturated heterocycles. The van der Waals surface area contributed by atoms with E-state index in [1.54, 1.807) is 31.2 Å². The van der Waals surface area contributed by atoms with Crippen molar-refractivity contribution in [1.29, 1.82) is 0 Å². The van der Waals surface area contributed by atoms with Crippen LogP contribution < -0.4 is 16.2 Å². The predicted molar refractivity (Wildman–Crippen MR) is 101 cm³/mol. The van der Waals surface area contributed by atoms with Crippen LogP contribution in [0.25, 0.3) is 0 Å². The van der Waals surface area contributed by atoms with Gasteiger partial charge >= 0.3 is 0 Å². The monoisotopic (exact) mass is 353 g/mol. The molecule has 2 aromatic rings. The molecule has 0 unspecified atom stereocenters. The smallest absolute Gasteiger partial charge is 0.261 e. The van der Waals surface area contributed by atoms with E-state index in [1.807, 2.05) is 6.92 Å². The second-order valence-electron chi connectivity index (χ2n) is 6.82. The molecule has 0 atom stereocenters. The highest BCUT2D eigenvalue weighted by atomic mass is 16.2. The Kier molecular flexibility index (Phi) is 5.21. The number of pyridine rings is 1. The number of aromatic amines is 1. The highest BCUT2D eigenvalue weighted by Crippen LogP contribution is 2.20. The fourth-order valence-corrected chi connectivity index (χ4v) is 3.22. The molecule has 1 saturated carbocycles. The van der Waals surface area contributed by atoms with Crippen molar-refractivity contribution in [2.45, 2.75) is 45.6 Å². The minimum absolute atomic E-state index is 0.0538. The largest absolute Gasteiger partial charge is 0.349 e. The molecule has 26 heavy (non-hydrogen) atoms. The number of hydrogen-bond donors (Lipinski definition) is 3. The minimum atomic E-state index is -0.475. The molecular formula is C20H23N3O3. The first kappa shape index (κ1) is 17.9. The van der Waals surface area contributed by atoms with Crippen molar-refractivity contribution >= 4 is 17.5 Å². The number of anilines is 1. The van der Waals surface area contributed by atoms with Crippen molar-refractivity contribution in [2.75, 3.05) is 5.32 Å². The van der Waals surface area contributed by atoms with Gasteiger partial charge < -0.3 is 15.6 Å². The number of carbonyl (C=O) groups is 2. The van der Waals surface area contributed by atoms with Crippen LogP contribution in [0.4, 0.5) is 5.69 Å². The van der Waals surface area contributed by atoms with Crippen LogP contribution in [0, 0.1) is 13.8 Å². The highest BCUT2D eigenvalue weighted by Gasteiger charge is 2.18. The summed E-state index contributed by atoms with van der Waals surface area (Å²) >= 11 is 0. The van der Waals surface area contributed by atoms with Gasteiger partial charge in [0.1, 0.15) is 5.56 Å². The molecule has 0 spiro atoms. The van der Waals surface area contributed by atoms with E-state index in [-0.39, 0.29) is 17.5 Å². The third-order valence-corrected chi connectivity index (χ3v) is 4.73. The number of benzene rings is 1. The summed E-state index contributed by atoms with van der Waals surface area (Å²) in [6, 6.07) is 8.57. The summed E-state index contributed by atoms with van der Waals surface area (Å²) in [6.07, 6.45) is 4.38. The molecule has 1 aliphatic carbocycles. The zero-order chi connectivity index (χ0) is 18.7. The van der Waals surface area contributed by atoms with Gasteiger partial charge in [-0.1, -0.05) is 12.8 Å². The van der Waals surface area contributed by atoms with Crippen LogP contribution in [0.2, 0.25) is 0 Å². The molecule has 1 heterocycles. The predicted octanol–water partition coefficient (Wildman–Crippen LogP) is 2.92. The van der Waals surface area contributed by atoms with Gasteiger partial charge in [0.25, 0.3) is 17.4 Å². The van der Waals surface area contributed by atoms with E-state index in [1.165, 1.54) is 6.07 Å². The molecular weight excluding hydrogens is 330 g/mol. The number of aromatic nitrogens is 1. The number of H-pyrrole nitrogens is 1. The molecule has 136 valence electrons. The Morgan fingerprint density at radius 3 is 2.42 bits per heavy atom. The third-order valence-electron chi connectivity index (χ3n) is 4.73. The Balaban J connectivity index is 1.72. The molecule has 3 N–H and O–H groups in total. The molecule has 1 aromatic heterocycles. The average Bonchev–Trinajstić information content (AvgIpc) is 3.09. The van der Waals surface area contributed by atoms with E-state index >= 15 is 0 Å². The lowest BCUT2D eigenvalue weighted by Crippen LogP contribution is -2.32. The summed E-state index contributed by atoms with van der Waals surface area (Å²) in [5.41, 5.74) is 2.24. The molecule has 6 heteroatoms. The van der Waals surface area contributed by atoms with Crippen LogP contribution in [0.3, 0.4) is 0 Å². The lowest BCUT2D eigenvalue weighted by Gasteiger charge is -2.13. The Hall–Kier alpha value is -2.89. The summed E-state index contributed by atoms with van der Waals surface area (Å²) in [6.45, 7) is 3.57. The van der Waals surface area contributed by atoms with Crippen molar-refractivity contribution < 1.29 is 9.59 Å². The number of carbonyl (C=O) groups excluding carboxylic acids is 2. The van der Waals surface area contributed by atoms with Crippen LogP contribution in [0.1, 0.15) is 57.7 Å².